The van der Waals surface area contributed by atoms with Crippen LogP contribution in [0.2, 0.25) is 0 Å². The third-order valence-corrected chi connectivity index (χ3v) is 7.37. The molecule has 0 saturated heterocycles. The number of amides is 1. The van der Waals surface area contributed by atoms with E-state index in [9.17, 15) is 19.1 Å². The molecule has 5 nitrogen and oxygen atoms in total. The summed E-state index contributed by atoms with van der Waals surface area (Å²) in [6.07, 6.45) is 0.244. The van der Waals surface area contributed by atoms with E-state index in [1.54, 1.807) is 12.1 Å². The molecule has 6 heteroatoms. The van der Waals surface area contributed by atoms with Crippen molar-refractivity contribution in [2.45, 2.75) is 77.2 Å². The number of hydrogen-bond donors (Lipinski definition) is 2. The van der Waals surface area contributed by atoms with Crippen molar-refractivity contribution in [2.24, 2.45) is 0 Å². The number of carbonyl (C=O) groups excluding carboxylic acids is 2. The van der Waals surface area contributed by atoms with Crippen molar-refractivity contribution in [2.75, 3.05) is 0 Å². The normalized spacial score (nSPS) is 19.5. The summed E-state index contributed by atoms with van der Waals surface area (Å²) >= 11 is 0. The lowest BCUT2D eigenvalue weighted by Gasteiger charge is -2.43. The number of fused-ring (bicyclic) bond motifs is 1. The Morgan fingerprint density at radius 1 is 0.974 bits per heavy atom. The summed E-state index contributed by atoms with van der Waals surface area (Å²) in [5.41, 5.74) is 1.09. The number of hydrogen-bond acceptors (Lipinski definition) is 4. The Morgan fingerprint density at radius 2 is 1.53 bits per heavy atom. The number of nitrogens with one attached hydrogen (secondary N) is 1. The van der Waals surface area contributed by atoms with Crippen molar-refractivity contribution in [1.82, 2.24) is 5.32 Å². The Morgan fingerprint density at radius 3 is 2.05 bits per heavy atom. The van der Waals surface area contributed by atoms with Crippen molar-refractivity contribution < 1.29 is 23.8 Å². The molecular formula is C32H36FNO4. The van der Waals surface area contributed by atoms with E-state index in [0.717, 1.165) is 22.3 Å². The number of halogens is 1. The smallest absolute Gasteiger partial charge is 0.338 e. The minimum Gasteiger partial charge on any atom is -0.507 e. The monoisotopic (exact) mass is 517 g/mol. The van der Waals surface area contributed by atoms with Crippen LogP contribution in [0, 0.1) is 5.82 Å². The Kier molecular flexibility index (Phi) is 6.89. The number of carbonyl (C=O) groups is 2. The van der Waals surface area contributed by atoms with Crippen LogP contribution in [-0.2, 0) is 15.6 Å². The number of benzene rings is 3. The van der Waals surface area contributed by atoms with E-state index in [1.165, 1.54) is 24.3 Å². The summed E-state index contributed by atoms with van der Waals surface area (Å²) in [6.45, 7) is 14.0. The average Bonchev–Trinajstić information content (AvgIpc) is 2.83. The van der Waals surface area contributed by atoms with Crippen molar-refractivity contribution in [3.8, 4) is 11.5 Å². The first-order valence-electron chi connectivity index (χ1n) is 13.0. The molecule has 0 radical (unpaired) electrons. The van der Waals surface area contributed by atoms with Crippen LogP contribution in [0.4, 0.5) is 4.39 Å². The topological polar surface area (TPSA) is 75.6 Å². The average molecular weight is 518 g/mol. The SMILES string of the molecule is CC[C@]1(NC(=O)c2ccc(F)cc2)C(=O)Oc2ccccc2[C@@H]1c1cc(C(C)(C)C)c(O)c(C(C)(C)C)c1. The fourth-order valence-corrected chi connectivity index (χ4v) is 5.25. The van der Waals surface area contributed by atoms with Crippen molar-refractivity contribution in [1.29, 1.82) is 0 Å². The summed E-state index contributed by atoms with van der Waals surface area (Å²) in [4.78, 5) is 27.2. The van der Waals surface area contributed by atoms with E-state index < -0.39 is 29.2 Å². The molecule has 2 N–H and O–H groups in total. The first-order chi connectivity index (χ1) is 17.7. The third kappa shape index (κ3) is 4.80. The Labute approximate surface area is 224 Å². The number of aromatic hydroxyl groups is 1. The van der Waals surface area contributed by atoms with Gasteiger partial charge in [-0.3, -0.25) is 4.79 Å². The molecule has 1 amide bonds. The van der Waals surface area contributed by atoms with Crippen LogP contribution >= 0.6 is 0 Å². The van der Waals surface area contributed by atoms with Gasteiger partial charge in [-0.2, -0.15) is 0 Å². The molecule has 3 aromatic rings. The molecule has 0 saturated carbocycles. The standard InChI is InChI=1S/C32H36FNO4/c1-8-32(34-28(36)19-13-15-21(33)16-14-19)26(22-11-9-10-12-25(22)38-29(32)37)20-17-23(30(2,3)4)27(35)24(18-20)31(5,6)7/h9-18,26,35H,8H2,1-7H3,(H,34,36)/t26-,32+/m0/s1. The molecule has 1 aliphatic heterocycles. The van der Waals surface area contributed by atoms with E-state index in [-0.39, 0.29) is 28.6 Å². The molecule has 0 spiro atoms. The Hall–Kier alpha value is -3.67. The number of phenols is 1. The largest absolute Gasteiger partial charge is 0.507 e. The lowest BCUT2D eigenvalue weighted by Crippen LogP contribution is -2.61. The van der Waals surface area contributed by atoms with Gasteiger partial charge in [0.05, 0.1) is 0 Å². The number of rotatable bonds is 4. The summed E-state index contributed by atoms with van der Waals surface area (Å²) in [7, 11) is 0. The molecule has 3 aromatic carbocycles. The predicted octanol–water partition coefficient (Wildman–Crippen LogP) is 6.76. The summed E-state index contributed by atoms with van der Waals surface area (Å²) < 4.78 is 19.3. The number of para-hydroxylation sites is 1. The first-order valence-corrected chi connectivity index (χ1v) is 13.0. The lowest BCUT2D eigenvalue weighted by atomic mass is 9.68. The summed E-state index contributed by atoms with van der Waals surface area (Å²) in [6, 6.07) is 16.4. The van der Waals surface area contributed by atoms with Gasteiger partial charge >= 0.3 is 5.97 Å². The second kappa shape index (κ2) is 9.57. The van der Waals surface area contributed by atoms with Crippen LogP contribution in [0.5, 0.6) is 11.5 Å². The number of ether oxygens (including phenoxy) is 1. The van der Waals surface area contributed by atoms with E-state index in [1.807, 2.05) is 72.7 Å². The van der Waals surface area contributed by atoms with Gasteiger partial charge in [0.2, 0.25) is 0 Å². The van der Waals surface area contributed by atoms with Gasteiger partial charge in [0, 0.05) is 17.0 Å². The number of esters is 1. The molecule has 4 rings (SSSR count). The zero-order chi connectivity index (χ0) is 28.0. The van der Waals surface area contributed by atoms with Gasteiger partial charge in [0.15, 0.2) is 0 Å². The maximum absolute atomic E-state index is 13.8. The minimum atomic E-state index is -1.44. The highest BCUT2D eigenvalue weighted by atomic mass is 19.1. The highest BCUT2D eigenvalue weighted by Crippen LogP contribution is 2.49. The van der Waals surface area contributed by atoms with E-state index in [2.05, 4.69) is 5.32 Å². The molecule has 0 unspecified atom stereocenters. The highest BCUT2D eigenvalue weighted by Gasteiger charge is 2.53. The van der Waals surface area contributed by atoms with Crippen LogP contribution in [-0.4, -0.2) is 22.5 Å². The predicted molar refractivity (Wildman–Crippen MR) is 146 cm³/mol. The minimum absolute atomic E-state index is 0.234. The highest BCUT2D eigenvalue weighted by molar-refractivity contribution is 6.00. The van der Waals surface area contributed by atoms with Gasteiger partial charge in [-0.25, -0.2) is 9.18 Å². The van der Waals surface area contributed by atoms with Crippen molar-refractivity contribution in [3.05, 3.63) is 94.3 Å². The van der Waals surface area contributed by atoms with Crippen LogP contribution in [0.15, 0.2) is 60.7 Å². The van der Waals surface area contributed by atoms with Gasteiger partial charge < -0.3 is 15.2 Å². The molecule has 0 fully saturated rings. The molecular weight excluding hydrogens is 481 g/mol. The molecule has 200 valence electrons. The Balaban J connectivity index is 2.00. The first kappa shape index (κ1) is 27.4. The third-order valence-electron chi connectivity index (χ3n) is 7.37. The van der Waals surface area contributed by atoms with Crippen LogP contribution in [0.1, 0.15) is 93.4 Å². The van der Waals surface area contributed by atoms with Gasteiger partial charge in [-0.05, 0) is 64.3 Å². The molecule has 1 aliphatic rings. The quantitative estimate of drug-likeness (QED) is 0.296. The molecule has 0 aromatic heterocycles. The maximum Gasteiger partial charge on any atom is 0.338 e. The molecule has 38 heavy (non-hydrogen) atoms. The molecule has 0 aliphatic carbocycles. The van der Waals surface area contributed by atoms with Gasteiger partial charge in [0.1, 0.15) is 22.9 Å². The lowest BCUT2D eigenvalue weighted by molar-refractivity contribution is -0.144. The summed E-state index contributed by atoms with van der Waals surface area (Å²) in [5, 5.41) is 14.3. The second-order valence-corrected chi connectivity index (χ2v) is 12.1. The van der Waals surface area contributed by atoms with E-state index >= 15 is 0 Å². The fourth-order valence-electron chi connectivity index (χ4n) is 5.25. The fraction of sp³-hybridized carbons (Fsp3) is 0.375. The van der Waals surface area contributed by atoms with Crippen LogP contribution in [0.3, 0.4) is 0 Å². The van der Waals surface area contributed by atoms with Gasteiger partial charge in [0.25, 0.3) is 5.91 Å². The molecule has 2 atom stereocenters. The van der Waals surface area contributed by atoms with Crippen LogP contribution < -0.4 is 10.1 Å². The van der Waals surface area contributed by atoms with Crippen molar-refractivity contribution in [3.63, 3.8) is 0 Å². The Bertz CT molecular complexity index is 1350. The second-order valence-electron chi connectivity index (χ2n) is 12.1. The zero-order valence-electron chi connectivity index (χ0n) is 23.1. The van der Waals surface area contributed by atoms with Gasteiger partial charge in [-0.15, -0.1) is 0 Å². The van der Waals surface area contributed by atoms with E-state index in [0.29, 0.717) is 5.75 Å². The van der Waals surface area contributed by atoms with Gasteiger partial charge in [-0.1, -0.05) is 78.8 Å². The maximum atomic E-state index is 13.8. The zero-order valence-corrected chi connectivity index (χ0v) is 23.1. The number of phenolic OH excluding ortho intramolecular Hbond substituents is 1. The van der Waals surface area contributed by atoms with E-state index in [4.69, 9.17) is 4.74 Å². The van der Waals surface area contributed by atoms with Crippen molar-refractivity contribution >= 4 is 11.9 Å². The molecule has 0 bridgehead atoms. The van der Waals surface area contributed by atoms with Crippen LogP contribution in [0.25, 0.3) is 0 Å². The summed E-state index contributed by atoms with van der Waals surface area (Å²) in [5.74, 6) is -1.45. The molecule has 1 heterocycles.